The van der Waals surface area contributed by atoms with Crippen molar-refractivity contribution in [3.8, 4) is 6.01 Å². The number of hydrogen-bond acceptors (Lipinski definition) is 8. The number of aromatic nitrogens is 3. The number of piperazine rings is 1. The van der Waals surface area contributed by atoms with Gasteiger partial charge in [-0.25, -0.2) is 14.2 Å². The van der Waals surface area contributed by atoms with Crippen molar-refractivity contribution < 1.29 is 18.7 Å². The number of pyridine rings is 1. The lowest BCUT2D eigenvalue weighted by Crippen LogP contribution is -2.63. The first-order valence-corrected chi connectivity index (χ1v) is 14.2. The van der Waals surface area contributed by atoms with E-state index in [4.69, 9.17) is 26.1 Å². The number of ether oxygens (including phenoxy) is 2. The summed E-state index contributed by atoms with van der Waals surface area (Å²) in [5.41, 5.74) is -0.437. The molecule has 206 valence electrons. The summed E-state index contributed by atoms with van der Waals surface area (Å²) in [6.45, 7) is 9.43. The van der Waals surface area contributed by atoms with Crippen molar-refractivity contribution in [2.45, 2.75) is 88.9 Å². The Kier molecular flexibility index (Phi) is 6.53. The second kappa shape index (κ2) is 9.62. The van der Waals surface area contributed by atoms with Crippen LogP contribution in [0.15, 0.2) is 6.20 Å². The van der Waals surface area contributed by atoms with Gasteiger partial charge >= 0.3 is 12.1 Å². The minimum absolute atomic E-state index is 0.0168. The van der Waals surface area contributed by atoms with Crippen molar-refractivity contribution in [2.75, 3.05) is 37.7 Å². The van der Waals surface area contributed by atoms with E-state index < -0.39 is 11.4 Å². The van der Waals surface area contributed by atoms with Gasteiger partial charge in [0, 0.05) is 19.3 Å². The number of carbonyl (C=O) groups excluding carboxylic acids is 1. The van der Waals surface area contributed by atoms with Crippen LogP contribution in [0.1, 0.15) is 65.7 Å². The number of halogens is 2. The fourth-order valence-corrected chi connectivity index (χ4v) is 7.00. The lowest BCUT2D eigenvalue weighted by atomic mass is 9.91. The number of rotatable bonds is 4. The summed E-state index contributed by atoms with van der Waals surface area (Å²) >= 11 is 6.05. The first kappa shape index (κ1) is 25.8. The van der Waals surface area contributed by atoms with Gasteiger partial charge in [0.2, 0.25) is 0 Å². The maximum absolute atomic E-state index is 15.2. The average Bonchev–Trinajstić information content (AvgIpc) is 3.43. The molecule has 6 heterocycles. The Labute approximate surface area is 227 Å². The zero-order valence-corrected chi connectivity index (χ0v) is 23.1. The Hall–Kier alpha value is -2.46. The molecule has 0 saturated carbocycles. The van der Waals surface area contributed by atoms with Gasteiger partial charge in [-0.3, -0.25) is 9.80 Å². The Balaban J connectivity index is 1.31. The SMILES string of the molecule is CC(C)(C)OC(=O)N1C2CCCC1CN(c1nc(OCC34CCCN3CCC4)nc3c(F)c(Cl)ncc13)C2. The largest absolute Gasteiger partial charge is 0.461 e. The van der Waals surface area contributed by atoms with Crippen LogP contribution in [0.25, 0.3) is 10.9 Å². The van der Waals surface area contributed by atoms with Crippen LogP contribution in [-0.4, -0.2) is 86.9 Å². The van der Waals surface area contributed by atoms with Crippen LogP contribution in [0.4, 0.5) is 15.0 Å². The van der Waals surface area contributed by atoms with Crippen molar-refractivity contribution in [3.05, 3.63) is 17.2 Å². The van der Waals surface area contributed by atoms with Crippen LogP contribution in [0.2, 0.25) is 5.15 Å². The van der Waals surface area contributed by atoms with E-state index in [1.54, 1.807) is 0 Å². The third kappa shape index (κ3) is 4.63. The molecule has 4 aliphatic heterocycles. The summed E-state index contributed by atoms with van der Waals surface area (Å²) in [5, 5.41) is 0.264. The predicted molar refractivity (Wildman–Crippen MR) is 142 cm³/mol. The number of fused-ring (bicyclic) bond motifs is 4. The zero-order valence-electron chi connectivity index (χ0n) is 22.4. The molecule has 9 nitrogen and oxygen atoms in total. The normalized spacial score (nSPS) is 25.1. The quantitative estimate of drug-likeness (QED) is 0.506. The first-order chi connectivity index (χ1) is 18.1. The maximum atomic E-state index is 15.2. The van der Waals surface area contributed by atoms with Crippen LogP contribution < -0.4 is 9.64 Å². The summed E-state index contributed by atoms with van der Waals surface area (Å²) in [4.78, 5) is 32.9. The maximum Gasteiger partial charge on any atom is 0.410 e. The van der Waals surface area contributed by atoms with Crippen molar-refractivity contribution >= 4 is 34.4 Å². The topological polar surface area (TPSA) is 83.9 Å². The average molecular weight is 547 g/mol. The smallest absolute Gasteiger partial charge is 0.410 e. The summed E-state index contributed by atoms with van der Waals surface area (Å²) in [6.07, 6.45) is 8.54. The summed E-state index contributed by atoms with van der Waals surface area (Å²) < 4.78 is 27.2. The molecule has 2 unspecified atom stereocenters. The van der Waals surface area contributed by atoms with Crippen LogP contribution in [0.5, 0.6) is 6.01 Å². The predicted octanol–water partition coefficient (Wildman–Crippen LogP) is 4.80. The highest BCUT2D eigenvalue weighted by molar-refractivity contribution is 6.30. The Morgan fingerprint density at radius 2 is 1.82 bits per heavy atom. The molecule has 38 heavy (non-hydrogen) atoms. The highest BCUT2D eigenvalue weighted by Gasteiger charge is 2.45. The molecule has 4 fully saturated rings. The second-order valence-corrected chi connectivity index (χ2v) is 12.6. The molecule has 2 bridgehead atoms. The highest BCUT2D eigenvalue weighted by Crippen LogP contribution is 2.40. The summed E-state index contributed by atoms with van der Waals surface area (Å²) in [7, 11) is 0. The highest BCUT2D eigenvalue weighted by atomic mass is 35.5. The molecule has 2 aromatic rings. The van der Waals surface area contributed by atoms with Crippen LogP contribution in [-0.2, 0) is 4.74 Å². The van der Waals surface area contributed by atoms with Crippen molar-refractivity contribution in [1.29, 1.82) is 0 Å². The fraction of sp³-hybridized carbons (Fsp3) is 0.704. The molecule has 1 amide bonds. The minimum atomic E-state index is -0.674. The van der Waals surface area contributed by atoms with Gasteiger partial charge < -0.3 is 14.4 Å². The Bertz CT molecular complexity index is 1220. The van der Waals surface area contributed by atoms with Gasteiger partial charge in [-0.2, -0.15) is 9.97 Å². The molecule has 2 aromatic heterocycles. The van der Waals surface area contributed by atoms with Crippen molar-refractivity contribution in [2.24, 2.45) is 0 Å². The molecule has 11 heteroatoms. The third-order valence-electron chi connectivity index (χ3n) is 8.51. The monoisotopic (exact) mass is 546 g/mol. The van der Waals surface area contributed by atoms with Crippen LogP contribution in [0.3, 0.4) is 0 Å². The van der Waals surface area contributed by atoms with Gasteiger partial charge in [0.15, 0.2) is 11.0 Å². The lowest BCUT2D eigenvalue weighted by Gasteiger charge is -2.50. The van der Waals surface area contributed by atoms with E-state index in [9.17, 15) is 4.79 Å². The molecule has 0 spiro atoms. The first-order valence-electron chi connectivity index (χ1n) is 13.8. The molecular weight excluding hydrogens is 511 g/mol. The lowest BCUT2D eigenvalue weighted by molar-refractivity contribution is -0.00976. The number of hydrogen-bond donors (Lipinski definition) is 0. The van der Waals surface area contributed by atoms with Gasteiger partial charge in [-0.1, -0.05) is 11.6 Å². The van der Waals surface area contributed by atoms with E-state index >= 15 is 4.39 Å². The van der Waals surface area contributed by atoms with E-state index in [1.165, 1.54) is 6.20 Å². The zero-order chi connectivity index (χ0) is 26.7. The molecule has 0 radical (unpaired) electrons. The van der Waals surface area contributed by atoms with Gasteiger partial charge in [-0.15, -0.1) is 0 Å². The summed E-state index contributed by atoms with van der Waals surface area (Å²) in [5.74, 6) is -0.104. The molecule has 6 rings (SSSR count). The third-order valence-corrected chi connectivity index (χ3v) is 8.77. The molecule has 2 atom stereocenters. The van der Waals surface area contributed by atoms with Crippen molar-refractivity contribution in [1.82, 2.24) is 24.8 Å². The number of anilines is 1. The molecular formula is C27H36ClFN6O3. The second-order valence-electron chi connectivity index (χ2n) is 12.2. The van der Waals surface area contributed by atoms with Gasteiger partial charge in [0.1, 0.15) is 23.5 Å². The van der Waals surface area contributed by atoms with E-state index in [1.807, 2.05) is 25.7 Å². The number of carbonyl (C=O) groups is 1. The fourth-order valence-electron chi connectivity index (χ4n) is 6.86. The van der Waals surface area contributed by atoms with Crippen LogP contribution in [0, 0.1) is 5.82 Å². The van der Waals surface area contributed by atoms with Gasteiger partial charge in [0.25, 0.3) is 0 Å². The van der Waals surface area contributed by atoms with E-state index in [0.29, 0.717) is 30.9 Å². The molecule has 4 aliphatic rings. The van der Waals surface area contributed by atoms with Crippen molar-refractivity contribution in [3.63, 3.8) is 0 Å². The summed E-state index contributed by atoms with van der Waals surface area (Å²) in [6, 6.07) is 0.101. The Morgan fingerprint density at radius 1 is 1.13 bits per heavy atom. The van der Waals surface area contributed by atoms with Gasteiger partial charge in [0.05, 0.1) is 23.0 Å². The molecule has 0 N–H and O–H groups in total. The number of amides is 1. The molecule has 0 aliphatic carbocycles. The number of piperidine rings is 1. The minimum Gasteiger partial charge on any atom is -0.461 e. The van der Waals surface area contributed by atoms with E-state index in [-0.39, 0.29) is 40.4 Å². The van der Waals surface area contributed by atoms with Gasteiger partial charge in [-0.05, 0) is 78.8 Å². The molecule has 4 saturated heterocycles. The number of nitrogens with zero attached hydrogens (tertiary/aromatic N) is 6. The molecule has 0 aromatic carbocycles. The van der Waals surface area contributed by atoms with Crippen LogP contribution >= 0.6 is 11.6 Å². The Morgan fingerprint density at radius 3 is 2.47 bits per heavy atom. The van der Waals surface area contributed by atoms with E-state index in [0.717, 1.165) is 58.0 Å². The standard InChI is InChI=1S/C27H36ClFN6O3/c1-26(2,3)38-25(36)35-17-7-4-8-18(35)15-33(14-17)23-19-13-30-22(28)20(29)21(19)31-24(32-23)37-16-27-9-5-11-34(27)12-6-10-27/h13,17-18H,4-12,14-16H2,1-3H3. The van der Waals surface area contributed by atoms with E-state index in [2.05, 4.69) is 19.8 Å².